The Balaban J connectivity index is 2.38. The first-order valence-corrected chi connectivity index (χ1v) is 9.47. The Kier molecular flexibility index (Phi) is 5.84. The monoisotopic (exact) mass is 342 g/mol. The zero-order valence-electron chi connectivity index (χ0n) is 13.2. The van der Waals surface area contributed by atoms with E-state index in [-0.39, 0.29) is 13.0 Å². The first-order chi connectivity index (χ1) is 10.9. The van der Waals surface area contributed by atoms with Gasteiger partial charge in [-0.15, -0.1) is 0 Å². The quantitative estimate of drug-likeness (QED) is 0.578. The van der Waals surface area contributed by atoms with E-state index in [4.69, 9.17) is 14.4 Å². The molecule has 1 saturated carbocycles. The molecule has 0 aromatic heterocycles. The van der Waals surface area contributed by atoms with Crippen molar-refractivity contribution in [2.24, 2.45) is 0 Å². The number of hydrogen-bond acceptors (Lipinski definition) is 4. The van der Waals surface area contributed by atoms with Crippen molar-refractivity contribution in [1.29, 1.82) is 0 Å². The van der Waals surface area contributed by atoms with Crippen molar-refractivity contribution < 1.29 is 28.6 Å². The third-order valence-corrected chi connectivity index (χ3v) is 6.40. The van der Waals surface area contributed by atoms with Crippen molar-refractivity contribution in [1.82, 2.24) is 0 Å². The van der Waals surface area contributed by atoms with Gasteiger partial charge in [-0.3, -0.25) is 4.57 Å². The van der Waals surface area contributed by atoms with Crippen LogP contribution in [0, 0.1) is 0 Å². The lowest BCUT2D eigenvalue weighted by Gasteiger charge is -2.37. The number of carbonyl (C=O) groups is 1. The molecule has 0 heterocycles. The highest BCUT2D eigenvalue weighted by atomic mass is 31.2. The Bertz CT molecular complexity index is 567. The highest BCUT2D eigenvalue weighted by Crippen LogP contribution is 2.57. The lowest BCUT2D eigenvalue weighted by atomic mass is 9.92. The molecule has 0 radical (unpaired) electrons. The normalized spacial score (nSPS) is 20.6. The molecule has 23 heavy (non-hydrogen) atoms. The summed E-state index contributed by atoms with van der Waals surface area (Å²) in [5.74, 6) is 0. The third-order valence-electron chi connectivity index (χ3n) is 4.33. The summed E-state index contributed by atoms with van der Waals surface area (Å²) < 4.78 is 23.0. The number of carboxylic acid groups (broad SMARTS) is 1. The molecule has 1 fully saturated rings. The first-order valence-electron chi connectivity index (χ1n) is 7.82. The summed E-state index contributed by atoms with van der Waals surface area (Å²) in [6, 6.07) is 9.24. The summed E-state index contributed by atoms with van der Waals surface area (Å²) in [5, 5.41) is 9.12. The van der Waals surface area contributed by atoms with Crippen molar-refractivity contribution in [3.05, 3.63) is 35.9 Å². The number of rotatable bonds is 7. The van der Waals surface area contributed by atoms with Gasteiger partial charge in [0.15, 0.2) is 0 Å². The van der Waals surface area contributed by atoms with Gasteiger partial charge in [0.25, 0.3) is 0 Å². The van der Waals surface area contributed by atoms with Crippen molar-refractivity contribution >= 4 is 13.8 Å². The molecule has 7 heteroatoms. The predicted octanol–water partition coefficient (Wildman–Crippen LogP) is 3.83. The molecule has 6 nitrogen and oxygen atoms in total. The van der Waals surface area contributed by atoms with Crippen LogP contribution in [0.2, 0.25) is 0 Å². The Morgan fingerprint density at radius 3 is 2.43 bits per heavy atom. The smallest absolute Gasteiger partial charge is 0.450 e. The van der Waals surface area contributed by atoms with Crippen molar-refractivity contribution in [2.45, 2.75) is 50.3 Å². The van der Waals surface area contributed by atoms with Gasteiger partial charge in [-0.2, -0.15) is 0 Å². The second kappa shape index (κ2) is 7.47. The van der Waals surface area contributed by atoms with Crippen LogP contribution in [0.25, 0.3) is 0 Å². The van der Waals surface area contributed by atoms with Crippen LogP contribution >= 0.6 is 7.60 Å². The molecule has 2 atom stereocenters. The zero-order valence-corrected chi connectivity index (χ0v) is 14.1. The van der Waals surface area contributed by atoms with Crippen LogP contribution in [-0.4, -0.2) is 34.0 Å². The van der Waals surface area contributed by atoms with Gasteiger partial charge in [0, 0.05) is 0 Å². The van der Waals surface area contributed by atoms with Crippen LogP contribution in [0.3, 0.4) is 0 Å². The molecule has 2 rings (SSSR count). The SMILES string of the molecule is CCOP(=O)(O)C(Cc1ccccc1)C1(OC(=O)O)CCCC1. The average Bonchev–Trinajstić information content (AvgIpc) is 2.94. The molecular formula is C16H23O6P. The van der Waals surface area contributed by atoms with Gasteiger partial charge in [0.2, 0.25) is 0 Å². The van der Waals surface area contributed by atoms with Gasteiger partial charge in [-0.1, -0.05) is 30.3 Å². The second-order valence-electron chi connectivity index (χ2n) is 5.83. The van der Waals surface area contributed by atoms with Crippen molar-refractivity contribution in [3.63, 3.8) is 0 Å². The minimum absolute atomic E-state index is 0.0855. The van der Waals surface area contributed by atoms with Crippen LogP contribution < -0.4 is 0 Å². The third kappa shape index (κ3) is 4.34. The lowest BCUT2D eigenvalue weighted by molar-refractivity contribution is -0.0220. The predicted molar refractivity (Wildman–Crippen MR) is 85.7 cm³/mol. The van der Waals surface area contributed by atoms with Crippen molar-refractivity contribution in [2.75, 3.05) is 6.61 Å². The molecule has 0 aliphatic heterocycles. The molecule has 0 bridgehead atoms. The van der Waals surface area contributed by atoms with Crippen LogP contribution in [0.4, 0.5) is 4.79 Å². The van der Waals surface area contributed by atoms with E-state index in [0.717, 1.165) is 18.4 Å². The molecule has 2 unspecified atom stereocenters. The number of ether oxygens (including phenoxy) is 1. The van der Waals surface area contributed by atoms with Crippen LogP contribution in [0.1, 0.15) is 38.2 Å². The van der Waals surface area contributed by atoms with Gasteiger partial charge in [0.05, 0.1) is 6.61 Å². The summed E-state index contributed by atoms with van der Waals surface area (Å²) in [4.78, 5) is 21.6. The van der Waals surface area contributed by atoms with E-state index < -0.39 is 25.0 Å². The first kappa shape index (κ1) is 18.0. The molecule has 128 valence electrons. The van der Waals surface area contributed by atoms with E-state index in [1.54, 1.807) is 6.92 Å². The van der Waals surface area contributed by atoms with Gasteiger partial charge in [0.1, 0.15) is 11.3 Å². The minimum atomic E-state index is -4.03. The summed E-state index contributed by atoms with van der Waals surface area (Å²) in [7, 11) is -4.03. The van der Waals surface area contributed by atoms with E-state index in [9.17, 15) is 14.3 Å². The summed E-state index contributed by atoms with van der Waals surface area (Å²) in [6.07, 6.45) is 1.24. The standard InChI is InChI=1S/C16H23O6P/c1-2-21-23(19,20)14(12-13-8-4-3-5-9-13)16(22-15(17)18)10-6-7-11-16/h3-5,8-9,14H,2,6-7,10-12H2,1H3,(H,17,18)(H,19,20). The van der Waals surface area contributed by atoms with E-state index in [2.05, 4.69) is 0 Å². The Morgan fingerprint density at radius 1 is 1.30 bits per heavy atom. The van der Waals surface area contributed by atoms with Gasteiger partial charge >= 0.3 is 13.8 Å². The second-order valence-corrected chi connectivity index (χ2v) is 7.84. The Labute approximate surface area is 136 Å². The average molecular weight is 342 g/mol. The topological polar surface area (TPSA) is 93.1 Å². The largest absolute Gasteiger partial charge is 0.506 e. The molecule has 0 amide bonds. The zero-order chi connectivity index (χ0) is 16.9. The highest BCUT2D eigenvalue weighted by Gasteiger charge is 2.53. The van der Waals surface area contributed by atoms with Gasteiger partial charge in [-0.25, -0.2) is 4.79 Å². The van der Waals surface area contributed by atoms with E-state index in [0.29, 0.717) is 12.8 Å². The maximum atomic E-state index is 12.8. The fraction of sp³-hybridized carbons (Fsp3) is 0.562. The summed E-state index contributed by atoms with van der Waals surface area (Å²) in [5.41, 5.74) is -1.22. The number of benzene rings is 1. The molecule has 1 aliphatic carbocycles. The Hall–Kier alpha value is -1.36. The molecular weight excluding hydrogens is 319 g/mol. The Morgan fingerprint density at radius 2 is 1.91 bits per heavy atom. The number of hydrogen-bond donors (Lipinski definition) is 2. The maximum absolute atomic E-state index is 12.8. The highest BCUT2D eigenvalue weighted by molar-refractivity contribution is 7.53. The van der Waals surface area contributed by atoms with E-state index >= 15 is 0 Å². The van der Waals surface area contributed by atoms with Crippen molar-refractivity contribution in [3.8, 4) is 0 Å². The molecule has 0 saturated heterocycles. The fourth-order valence-corrected chi connectivity index (χ4v) is 5.26. The molecule has 1 aliphatic rings. The fourth-order valence-electron chi connectivity index (χ4n) is 3.36. The molecule has 1 aromatic rings. The summed E-state index contributed by atoms with van der Waals surface area (Å²) in [6.45, 7) is 1.73. The minimum Gasteiger partial charge on any atom is -0.450 e. The molecule has 1 aromatic carbocycles. The lowest BCUT2D eigenvalue weighted by Crippen LogP contribution is -2.45. The van der Waals surface area contributed by atoms with Crippen LogP contribution in [-0.2, 0) is 20.2 Å². The maximum Gasteiger partial charge on any atom is 0.506 e. The molecule has 0 spiro atoms. The van der Waals surface area contributed by atoms with E-state index in [1.165, 1.54) is 0 Å². The van der Waals surface area contributed by atoms with Crippen LogP contribution in [0.5, 0.6) is 0 Å². The van der Waals surface area contributed by atoms with Crippen LogP contribution in [0.15, 0.2) is 30.3 Å². The van der Waals surface area contributed by atoms with Gasteiger partial charge < -0.3 is 19.3 Å². The molecule has 2 N–H and O–H groups in total. The van der Waals surface area contributed by atoms with E-state index in [1.807, 2.05) is 30.3 Å². The van der Waals surface area contributed by atoms with Gasteiger partial charge in [-0.05, 0) is 44.6 Å². The summed E-state index contributed by atoms with van der Waals surface area (Å²) >= 11 is 0.